The van der Waals surface area contributed by atoms with E-state index < -0.39 is 0 Å². The average molecular weight is 264 g/mol. The number of nitrogens with one attached hydrogen (secondary N) is 1. The zero-order chi connectivity index (χ0) is 13.8. The first-order valence-electron chi connectivity index (χ1n) is 6.00. The molecule has 0 atom stereocenters. The van der Waals surface area contributed by atoms with Crippen molar-refractivity contribution < 1.29 is 19.1 Å². The molecular formula is C13H16N2O4. The molecule has 1 heterocycles. The predicted molar refractivity (Wildman–Crippen MR) is 69.3 cm³/mol. The molecule has 0 radical (unpaired) electrons. The van der Waals surface area contributed by atoms with Crippen LogP contribution in [-0.2, 0) is 9.59 Å². The Morgan fingerprint density at radius 3 is 2.68 bits per heavy atom. The maximum absolute atomic E-state index is 11.7. The van der Waals surface area contributed by atoms with Crippen molar-refractivity contribution in [3.63, 3.8) is 0 Å². The SMILES string of the molecule is CC(=O)NCCN(C(C)=O)c1ccc2c(c1)OCO2. The monoisotopic (exact) mass is 264 g/mol. The third-order valence-corrected chi connectivity index (χ3v) is 2.76. The minimum Gasteiger partial charge on any atom is -0.454 e. The Labute approximate surface area is 111 Å². The van der Waals surface area contributed by atoms with Crippen molar-refractivity contribution in [3.05, 3.63) is 18.2 Å². The fraction of sp³-hybridized carbons (Fsp3) is 0.385. The average Bonchev–Trinajstić information content (AvgIpc) is 2.80. The van der Waals surface area contributed by atoms with Gasteiger partial charge in [-0.15, -0.1) is 0 Å². The Kier molecular flexibility index (Phi) is 3.89. The lowest BCUT2D eigenvalue weighted by Crippen LogP contribution is -2.36. The van der Waals surface area contributed by atoms with Gasteiger partial charge in [-0.25, -0.2) is 0 Å². The largest absolute Gasteiger partial charge is 0.454 e. The Morgan fingerprint density at radius 2 is 2.00 bits per heavy atom. The number of ether oxygens (including phenoxy) is 2. The molecule has 0 bridgehead atoms. The molecule has 1 aromatic rings. The molecule has 102 valence electrons. The zero-order valence-electron chi connectivity index (χ0n) is 10.9. The van der Waals surface area contributed by atoms with E-state index in [9.17, 15) is 9.59 Å². The van der Waals surface area contributed by atoms with Crippen LogP contribution in [0.15, 0.2) is 18.2 Å². The molecule has 1 N–H and O–H groups in total. The van der Waals surface area contributed by atoms with E-state index in [0.717, 1.165) is 5.69 Å². The number of nitrogens with zero attached hydrogens (tertiary/aromatic N) is 1. The van der Waals surface area contributed by atoms with E-state index in [1.54, 1.807) is 23.1 Å². The van der Waals surface area contributed by atoms with Crippen LogP contribution in [0.1, 0.15) is 13.8 Å². The quantitative estimate of drug-likeness (QED) is 0.877. The Bertz CT molecular complexity index is 501. The summed E-state index contributed by atoms with van der Waals surface area (Å²) in [5.41, 5.74) is 0.724. The number of carbonyl (C=O) groups excluding carboxylic acids is 2. The molecular weight excluding hydrogens is 248 g/mol. The zero-order valence-corrected chi connectivity index (χ0v) is 10.9. The van der Waals surface area contributed by atoms with Crippen LogP contribution in [-0.4, -0.2) is 31.7 Å². The number of benzene rings is 1. The first-order valence-corrected chi connectivity index (χ1v) is 6.00. The highest BCUT2D eigenvalue weighted by atomic mass is 16.7. The summed E-state index contributed by atoms with van der Waals surface area (Å²) in [5, 5.41) is 2.66. The van der Waals surface area contributed by atoms with Crippen molar-refractivity contribution in [1.82, 2.24) is 5.32 Å². The Hall–Kier alpha value is -2.24. The summed E-state index contributed by atoms with van der Waals surface area (Å²) in [5.74, 6) is 1.09. The topological polar surface area (TPSA) is 67.9 Å². The highest BCUT2D eigenvalue weighted by molar-refractivity contribution is 5.92. The van der Waals surface area contributed by atoms with Crippen molar-refractivity contribution in [3.8, 4) is 11.5 Å². The van der Waals surface area contributed by atoms with Gasteiger partial charge in [0.15, 0.2) is 11.5 Å². The summed E-state index contributed by atoms with van der Waals surface area (Å²) in [6.07, 6.45) is 0. The summed E-state index contributed by atoms with van der Waals surface area (Å²) in [7, 11) is 0. The van der Waals surface area contributed by atoms with Crippen LogP contribution in [0.4, 0.5) is 5.69 Å². The summed E-state index contributed by atoms with van der Waals surface area (Å²) < 4.78 is 10.5. The highest BCUT2D eigenvalue weighted by Crippen LogP contribution is 2.35. The summed E-state index contributed by atoms with van der Waals surface area (Å²) >= 11 is 0. The van der Waals surface area contributed by atoms with E-state index in [1.807, 2.05) is 0 Å². The van der Waals surface area contributed by atoms with Gasteiger partial charge in [0.25, 0.3) is 0 Å². The number of hydrogen-bond acceptors (Lipinski definition) is 4. The second kappa shape index (κ2) is 5.60. The lowest BCUT2D eigenvalue weighted by atomic mass is 10.2. The predicted octanol–water partition coefficient (Wildman–Crippen LogP) is 0.904. The third kappa shape index (κ3) is 3.15. The van der Waals surface area contributed by atoms with Crippen LogP contribution < -0.4 is 19.7 Å². The molecule has 0 unspecified atom stereocenters. The van der Waals surface area contributed by atoms with E-state index in [2.05, 4.69) is 5.32 Å². The molecule has 6 heteroatoms. The van der Waals surface area contributed by atoms with Crippen molar-refractivity contribution in [1.29, 1.82) is 0 Å². The van der Waals surface area contributed by atoms with Crippen molar-refractivity contribution in [2.75, 3.05) is 24.8 Å². The number of rotatable bonds is 4. The second-order valence-electron chi connectivity index (χ2n) is 4.19. The van der Waals surface area contributed by atoms with Crippen LogP contribution in [0.5, 0.6) is 11.5 Å². The minimum absolute atomic E-state index is 0.0933. The van der Waals surface area contributed by atoms with Gasteiger partial charge in [0.1, 0.15) is 0 Å². The molecule has 0 saturated carbocycles. The molecule has 0 aromatic heterocycles. The van der Waals surface area contributed by atoms with Gasteiger partial charge in [0.05, 0.1) is 0 Å². The lowest BCUT2D eigenvalue weighted by Gasteiger charge is -2.21. The number of hydrogen-bond donors (Lipinski definition) is 1. The van der Waals surface area contributed by atoms with Gasteiger partial charge in [-0.05, 0) is 12.1 Å². The van der Waals surface area contributed by atoms with Gasteiger partial charge in [-0.2, -0.15) is 0 Å². The number of anilines is 1. The van der Waals surface area contributed by atoms with Crippen molar-refractivity contribution >= 4 is 17.5 Å². The van der Waals surface area contributed by atoms with Gasteiger partial charge in [0.2, 0.25) is 18.6 Å². The summed E-state index contributed by atoms with van der Waals surface area (Å²) in [4.78, 5) is 24.1. The summed E-state index contributed by atoms with van der Waals surface area (Å²) in [6.45, 7) is 3.94. The molecule has 2 amide bonds. The minimum atomic E-state index is -0.116. The smallest absolute Gasteiger partial charge is 0.231 e. The highest BCUT2D eigenvalue weighted by Gasteiger charge is 2.17. The second-order valence-corrected chi connectivity index (χ2v) is 4.19. The number of fused-ring (bicyclic) bond motifs is 1. The molecule has 1 aliphatic heterocycles. The standard InChI is InChI=1S/C13H16N2O4/c1-9(16)14-5-6-15(10(2)17)11-3-4-12-13(7-11)19-8-18-12/h3-4,7H,5-6,8H2,1-2H3,(H,14,16). The number of amides is 2. The maximum atomic E-state index is 11.7. The van der Waals surface area contributed by atoms with Gasteiger partial charge in [0, 0.05) is 38.7 Å². The van der Waals surface area contributed by atoms with Crippen LogP contribution in [0.25, 0.3) is 0 Å². The molecule has 6 nitrogen and oxygen atoms in total. The third-order valence-electron chi connectivity index (χ3n) is 2.76. The van der Waals surface area contributed by atoms with Crippen molar-refractivity contribution in [2.45, 2.75) is 13.8 Å². The fourth-order valence-electron chi connectivity index (χ4n) is 1.87. The number of carbonyl (C=O) groups is 2. The van der Waals surface area contributed by atoms with E-state index in [1.165, 1.54) is 13.8 Å². The lowest BCUT2D eigenvalue weighted by molar-refractivity contribution is -0.119. The molecule has 2 rings (SSSR count). The van der Waals surface area contributed by atoms with Crippen LogP contribution in [0.2, 0.25) is 0 Å². The molecule has 1 aromatic carbocycles. The summed E-state index contributed by atoms with van der Waals surface area (Å²) in [6, 6.07) is 5.33. The van der Waals surface area contributed by atoms with Crippen LogP contribution in [0.3, 0.4) is 0 Å². The van der Waals surface area contributed by atoms with Gasteiger partial charge in [-0.1, -0.05) is 0 Å². The van der Waals surface area contributed by atoms with E-state index >= 15 is 0 Å². The van der Waals surface area contributed by atoms with Crippen LogP contribution in [0, 0.1) is 0 Å². The Morgan fingerprint density at radius 1 is 1.26 bits per heavy atom. The van der Waals surface area contributed by atoms with Gasteiger partial charge in [-0.3, -0.25) is 9.59 Å². The molecule has 0 saturated heterocycles. The molecule has 0 spiro atoms. The molecule has 0 aliphatic carbocycles. The normalized spacial score (nSPS) is 12.1. The molecule has 19 heavy (non-hydrogen) atoms. The molecule has 1 aliphatic rings. The van der Waals surface area contributed by atoms with Crippen LogP contribution >= 0.6 is 0 Å². The van der Waals surface area contributed by atoms with E-state index in [-0.39, 0.29) is 18.6 Å². The van der Waals surface area contributed by atoms with Crippen molar-refractivity contribution in [2.24, 2.45) is 0 Å². The van der Waals surface area contributed by atoms with Gasteiger partial charge >= 0.3 is 0 Å². The molecule has 0 fully saturated rings. The van der Waals surface area contributed by atoms with E-state index in [0.29, 0.717) is 24.6 Å². The van der Waals surface area contributed by atoms with E-state index in [4.69, 9.17) is 9.47 Å². The maximum Gasteiger partial charge on any atom is 0.231 e. The fourth-order valence-corrected chi connectivity index (χ4v) is 1.87. The first kappa shape index (κ1) is 13.2. The first-order chi connectivity index (χ1) is 9.08. The van der Waals surface area contributed by atoms with Gasteiger partial charge < -0.3 is 19.7 Å². The Balaban J connectivity index is 2.10.